The molecule has 0 spiro atoms. The number of carbonyl (C=O) groups excluding carboxylic acids is 2. The molecular formula is C8H12N2O2. The van der Waals surface area contributed by atoms with Crippen molar-refractivity contribution in [1.29, 1.82) is 0 Å². The third-order valence-corrected chi connectivity index (χ3v) is 2.81. The van der Waals surface area contributed by atoms with Crippen LogP contribution in [-0.4, -0.2) is 29.7 Å². The fraction of sp³-hybridized carbons (Fsp3) is 0.750. The summed E-state index contributed by atoms with van der Waals surface area (Å²) in [7, 11) is 0. The van der Waals surface area contributed by atoms with E-state index in [1.165, 1.54) is 0 Å². The van der Waals surface area contributed by atoms with Gasteiger partial charge < -0.3 is 11.1 Å². The maximum atomic E-state index is 11.4. The van der Waals surface area contributed by atoms with Gasteiger partial charge >= 0.3 is 0 Å². The van der Waals surface area contributed by atoms with Crippen LogP contribution in [0.15, 0.2) is 0 Å². The predicted molar refractivity (Wildman–Crippen MR) is 42.6 cm³/mol. The minimum absolute atomic E-state index is 0.0220. The number of Topliss-reactive ketones (excluding diaryl/α,β-unsaturated/α-hetero) is 2. The summed E-state index contributed by atoms with van der Waals surface area (Å²) in [4.78, 5) is 22.6. The van der Waals surface area contributed by atoms with Crippen molar-refractivity contribution >= 4 is 11.6 Å². The summed E-state index contributed by atoms with van der Waals surface area (Å²) >= 11 is 0. The molecule has 0 bridgehead atoms. The Hall–Kier alpha value is -0.740. The zero-order valence-electron chi connectivity index (χ0n) is 6.80. The van der Waals surface area contributed by atoms with E-state index in [2.05, 4.69) is 5.32 Å². The van der Waals surface area contributed by atoms with E-state index in [9.17, 15) is 9.59 Å². The van der Waals surface area contributed by atoms with Crippen LogP contribution >= 0.6 is 0 Å². The van der Waals surface area contributed by atoms with Crippen LogP contribution in [0.25, 0.3) is 0 Å². The highest BCUT2D eigenvalue weighted by Gasteiger charge is 2.52. The third-order valence-electron chi connectivity index (χ3n) is 2.81. The van der Waals surface area contributed by atoms with Crippen molar-refractivity contribution in [3.63, 3.8) is 0 Å². The maximum absolute atomic E-state index is 11.4. The van der Waals surface area contributed by atoms with Crippen LogP contribution in [0.4, 0.5) is 0 Å². The number of hydrogen-bond donors (Lipinski definition) is 2. The van der Waals surface area contributed by atoms with Gasteiger partial charge in [-0.05, 0) is 19.4 Å². The molecule has 1 aliphatic heterocycles. The molecule has 2 fully saturated rings. The Morgan fingerprint density at radius 2 is 2.25 bits per heavy atom. The van der Waals surface area contributed by atoms with Gasteiger partial charge in [0.05, 0.1) is 18.0 Å². The molecule has 1 aliphatic carbocycles. The lowest BCUT2D eigenvalue weighted by Crippen LogP contribution is -2.62. The largest absolute Gasteiger partial charge is 0.317 e. The number of nitrogens with one attached hydrogen (secondary N) is 1. The van der Waals surface area contributed by atoms with Crippen molar-refractivity contribution in [3.8, 4) is 0 Å². The third kappa shape index (κ3) is 0.850. The van der Waals surface area contributed by atoms with Crippen molar-refractivity contribution in [2.24, 2.45) is 5.73 Å². The van der Waals surface area contributed by atoms with Crippen molar-refractivity contribution < 1.29 is 9.59 Å². The number of ketones is 2. The first kappa shape index (κ1) is 7.89. The van der Waals surface area contributed by atoms with E-state index >= 15 is 0 Å². The van der Waals surface area contributed by atoms with E-state index in [1.807, 2.05) is 0 Å². The van der Waals surface area contributed by atoms with Crippen LogP contribution in [0, 0.1) is 0 Å². The van der Waals surface area contributed by atoms with Gasteiger partial charge in [0, 0.05) is 0 Å². The summed E-state index contributed by atoms with van der Waals surface area (Å²) in [5.74, 6) is -0.132. The van der Waals surface area contributed by atoms with Gasteiger partial charge in [-0.25, -0.2) is 0 Å². The lowest BCUT2D eigenvalue weighted by atomic mass is 9.85. The van der Waals surface area contributed by atoms with Crippen LogP contribution in [0.3, 0.4) is 0 Å². The number of nitrogens with two attached hydrogens (primary N) is 1. The van der Waals surface area contributed by atoms with Crippen molar-refractivity contribution in [1.82, 2.24) is 5.32 Å². The Morgan fingerprint density at radius 3 is 2.92 bits per heavy atom. The van der Waals surface area contributed by atoms with Crippen LogP contribution in [0.2, 0.25) is 0 Å². The van der Waals surface area contributed by atoms with Gasteiger partial charge in [-0.3, -0.25) is 9.59 Å². The fourth-order valence-corrected chi connectivity index (χ4v) is 2.08. The quantitative estimate of drug-likeness (QED) is 0.454. The van der Waals surface area contributed by atoms with Gasteiger partial charge in [-0.2, -0.15) is 0 Å². The molecule has 4 heteroatoms. The fourth-order valence-electron chi connectivity index (χ4n) is 2.08. The van der Waals surface area contributed by atoms with Crippen LogP contribution < -0.4 is 11.1 Å². The van der Waals surface area contributed by atoms with Crippen LogP contribution in [0.1, 0.15) is 19.3 Å². The van der Waals surface area contributed by atoms with E-state index in [1.54, 1.807) is 0 Å². The maximum Gasteiger partial charge on any atom is 0.162 e. The molecule has 2 rings (SSSR count). The second-order valence-electron chi connectivity index (χ2n) is 3.60. The summed E-state index contributed by atoms with van der Waals surface area (Å²) in [6.07, 6.45) is 1.55. The highest BCUT2D eigenvalue weighted by Crippen LogP contribution is 2.28. The molecule has 1 unspecified atom stereocenters. The van der Waals surface area contributed by atoms with Crippen molar-refractivity contribution in [2.75, 3.05) is 6.54 Å². The smallest absolute Gasteiger partial charge is 0.162 e. The molecule has 0 aromatic rings. The van der Waals surface area contributed by atoms with E-state index in [4.69, 9.17) is 5.73 Å². The molecule has 0 radical (unpaired) electrons. The molecule has 0 aromatic heterocycles. The Bertz CT molecular complexity index is 251. The van der Waals surface area contributed by atoms with Gasteiger partial charge in [-0.1, -0.05) is 0 Å². The summed E-state index contributed by atoms with van der Waals surface area (Å²) in [5, 5.41) is 3.01. The summed E-state index contributed by atoms with van der Waals surface area (Å²) in [6.45, 7) is 0.794. The predicted octanol–water partition coefficient (Wildman–Crippen LogP) is -1.02. The van der Waals surface area contributed by atoms with Crippen molar-refractivity contribution in [2.45, 2.75) is 30.8 Å². The molecule has 3 N–H and O–H groups in total. The van der Waals surface area contributed by atoms with E-state index < -0.39 is 11.6 Å². The minimum atomic E-state index is -0.880. The molecule has 12 heavy (non-hydrogen) atoms. The van der Waals surface area contributed by atoms with Gasteiger partial charge in [-0.15, -0.1) is 0 Å². The Balaban J connectivity index is 2.33. The second kappa shape index (κ2) is 2.37. The Kier molecular flexibility index (Phi) is 1.56. The van der Waals surface area contributed by atoms with E-state index in [0.717, 1.165) is 13.0 Å². The monoisotopic (exact) mass is 168 g/mol. The van der Waals surface area contributed by atoms with Gasteiger partial charge in [0.2, 0.25) is 0 Å². The van der Waals surface area contributed by atoms with E-state index in [-0.39, 0.29) is 18.0 Å². The second-order valence-corrected chi connectivity index (χ2v) is 3.60. The number of rotatable bonds is 0. The van der Waals surface area contributed by atoms with Crippen LogP contribution in [0.5, 0.6) is 0 Å². The highest BCUT2D eigenvalue weighted by atomic mass is 16.2. The highest BCUT2D eigenvalue weighted by molar-refractivity contribution is 6.15. The molecule has 1 heterocycles. The summed E-state index contributed by atoms with van der Waals surface area (Å²) < 4.78 is 0. The molecule has 0 aromatic carbocycles. The standard InChI is InChI=1S/C8H12N2O2/c9-8-2-1-3-10-7(8)5(11)4-6(8)12/h7,10H,1-4,9H2/t7?,8-/m0/s1. The number of hydrogen-bond acceptors (Lipinski definition) is 4. The first-order valence-corrected chi connectivity index (χ1v) is 4.23. The SMILES string of the molecule is N[C@]12CCCNC1C(=O)CC2=O. The molecule has 66 valence electrons. The zero-order chi connectivity index (χ0) is 8.77. The molecule has 1 saturated heterocycles. The minimum Gasteiger partial charge on any atom is -0.317 e. The normalized spacial score (nSPS) is 41.6. The first-order chi connectivity index (χ1) is 5.64. The Morgan fingerprint density at radius 1 is 1.50 bits per heavy atom. The van der Waals surface area contributed by atoms with Crippen LogP contribution in [-0.2, 0) is 9.59 Å². The Labute approximate surface area is 70.5 Å². The van der Waals surface area contributed by atoms with Gasteiger partial charge in [0.25, 0.3) is 0 Å². The number of piperidine rings is 1. The van der Waals surface area contributed by atoms with Gasteiger partial charge in [0.15, 0.2) is 11.6 Å². The lowest BCUT2D eigenvalue weighted by Gasteiger charge is -2.33. The number of carbonyl (C=O) groups is 2. The average molecular weight is 168 g/mol. The van der Waals surface area contributed by atoms with Gasteiger partial charge in [0.1, 0.15) is 0 Å². The zero-order valence-corrected chi connectivity index (χ0v) is 6.80. The number of fused-ring (bicyclic) bond motifs is 1. The molecular weight excluding hydrogens is 156 g/mol. The summed E-state index contributed by atoms with van der Waals surface area (Å²) in [5.41, 5.74) is 4.99. The molecule has 0 amide bonds. The molecule has 2 atom stereocenters. The summed E-state index contributed by atoms with van der Waals surface area (Å²) in [6, 6.07) is -0.404. The average Bonchev–Trinajstić information content (AvgIpc) is 2.25. The molecule has 4 nitrogen and oxygen atoms in total. The van der Waals surface area contributed by atoms with E-state index in [0.29, 0.717) is 6.42 Å². The van der Waals surface area contributed by atoms with Crippen molar-refractivity contribution in [3.05, 3.63) is 0 Å². The first-order valence-electron chi connectivity index (χ1n) is 4.23. The molecule has 1 saturated carbocycles. The molecule has 2 aliphatic rings. The lowest BCUT2D eigenvalue weighted by molar-refractivity contribution is -0.123. The topological polar surface area (TPSA) is 72.2 Å².